The lowest BCUT2D eigenvalue weighted by atomic mass is 10.1. The largest absolute Gasteiger partial charge is 0.507 e. The molecule has 1 atom stereocenters. The monoisotopic (exact) mass is 304 g/mol. The van der Waals surface area contributed by atoms with Crippen LogP contribution in [0, 0.1) is 0 Å². The molecule has 1 rings (SSSR count). The minimum atomic E-state index is -4.54. The number of benzene rings is 1. The number of likely N-dealkylation sites (N-methyl/N-ethyl adjacent to an activating group) is 2. The summed E-state index contributed by atoms with van der Waals surface area (Å²) in [5, 5.41) is 9.35. The van der Waals surface area contributed by atoms with Crippen molar-refractivity contribution in [3.05, 3.63) is 29.3 Å². The Labute approximate surface area is 124 Å². The van der Waals surface area contributed by atoms with E-state index < -0.39 is 17.5 Å². The molecule has 120 valence electrons. The van der Waals surface area contributed by atoms with E-state index in [0.29, 0.717) is 12.1 Å². The maximum absolute atomic E-state index is 12.8. The highest BCUT2D eigenvalue weighted by atomic mass is 19.4. The number of phenols is 1. The fraction of sp³-hybridized carbons (Fsp3) is 0.600. The smallest absolute Gasteiger partial charge is 0.419 e. The Morgan fingerprint density at radius 2 is 1.86 bits per heavy atom. The van der Waals surface area contributed by atoms with E-state index in [9.17, 15) is 18.3 Å². The molecular formula is C15H23F3N2O. The van der Waals surface area contributed by atoms with Crippen molar-refractivity contribution >= 4 is 0 Å². The number of nitrogens with zero attached hydrogens (tertiary/aromatic N) is 2. The second-order valence-electron chi connectivity index (χ2n) is 5.52. The zero-order valence-corrected chi connectivity index (χ0v) is 12.9. The molecule has 1 aromatic carbocycles. The van der Waals surface area contributed by atoms with Gasteiger partial charge in [-0.1, -0.05) is 13.0 Å². The number of aromatic hydroxyl groups is 1. The molecule has 0 saturated carbocycles. The van der Waals surface area contributed by atoms with E-state index in [4.69, 9.17) is 0 Å². The van der Waals surface area contributed by atoms with Crippen LogP contribution in [-0.2, 0) is 12.7 Å². The van der Waals surface area contributed by atoms with Gasteiger partial charge < -0.3 is 10.0 Å². The van der Waals surface area contributed by atoms with E-state index in [0.717, 1.165) is 25.2 Å². The molecule has 0 spiro atoms. The summed E-state index contributed by atoms with van der Waals surface area (Å²) in [5.74, 6) is -0.726. The van der Waals surface area contributed by atoms with Gasteiger partial charge in [-0.15, -0.1) is 0 Å². The van der Waals surface area contributed by atoms with E-state index in [1.54, 1.807) is 0 Å². The summed E-state index contributed by atoms with van der Waals surface area (Å²) in [7, 11) is 3.93. The van der Waals surface area contributed by atoms with Gasteiger partial charge in [0.05, 0.1) is 5.56 Å². The Morgan fingerprint density at radius 1 is 1.24 bits per heavy atom. The maximum atomic E-state index is 12.8. The maximum Gasteiger partial charge on any atom is 0.419 e. The Hall–Kier alpha value is -1.27. The second-order valence-corrected chi connectivity index (χ2v) is 5.52. The van der Waals surface area contributed by atoms with Gasteiger partial charge in [-0.25, -0.2) is 0 Å². The van der Waals surface area contributed by atoms with Crippen LogP contribution in [0.1, 0.15) is 25.0 Å². The summed E-state index contributed by atoms with van der Waals surface area (Å²) in [6.07, 6.45) is -4.54. The van der Waals surface area contributed by atoms with Crippen molar-refractivity contribution in [1.82, 2.24) is 9.80 Å². The molecule has 0 aliphatic rings. The number of alkyl halides is 3. The van der Waals surface area contributed by atoms with Crippen molar-refractivity contribution in [3.63, 3.8) is 0 Å². The molecule has 0 heterocycles. The summed E-state index contributed by atoms with van der Waals surface area (Å²) in [4.78, 5) is 4.15. The zero-order valence-electron chi connectivity index (χ0n) is 12.9. The summed E-state index contributed by atoms with van der Waals surface area (Å²) in [5.41, 5.74) is -0.427. The number of halogens is 3. The van der Waals surface area contributed by atoms with E-state index in [1.165, 1.54) is 6.07 Å². The zero-order chi connectivity index (χ0) is 16.2. The van der Waals surface area contributed by atoms with Crippen LogP contribution in [-0.4, -0.2) is 48.1 Å². The second kappa shape index (κ2) is 7.13. The molecule has 0 aromatic heterocycles. The molecule has 1 unspecified atom stereocenters. The van der Waals surface area contributed by atoms with Crippen molar-refractivity contribution in [2.45, 2.75) is 32.6 Å². The predicted molar refractivity (Wildman–Crippen MR) is 77.2 cm³/mol. The summed E-state index contributed by atoms with van der Waals surface area (Å²) in [6.45, 7) is 6.04. The molecule has 0 amide bonds. The lowest BCUT2D eigenvalue weighted by Crippen LogP contribution is -2.39. The fourth-order valence-electron chi connectivity index (χ4n) is 2.37. The van der Waals surface area contributed by atoms with Gasteiger partial charge in [-0.05, 0) is 45.3 Å². The van der Waals surface area contributed by atoms with E-state index >= 15 is 0 Å². The van der Waals surface area contributed by atoms with Gasteiger partial charge in [-0.2, -0.15) is 13.2 Å². The van der Waals surface area contributed by atoms with Crippen LogP contribution in [0.3, 0.4) is 0 Å². The third kappa shape index (κ3) is 5.21. The molecular weight excluding hydrogens is 281 g/mol. The van der Waals surface area contributed by atoms with Crippen LogP contribution >= 0.6 is 0 Å². The molecule has 0 saturated heterocycles. The molecule has 21 heavy (non-hydrogen) atoms. The first-order chi connectivity index (χ1) is 9.65. The SMILES string of the molecule is CCN(Cc1ccc(O)c(C(F)(F)F)c1)C(C)CN(C)C. The lowest BCUT2D eigenvalue weighted by molar-refractivity contribution is -0.138. The van der Waals surface area contributed by atoms with Crippen molar-refractivity contribution in [1.29, 1.82) is 0 Å². The van der Waals surface area contributed by atoms with Crippen LogP contribution < -0.4 is 0 Å². The number of phenolic OH excluding ortho intramolecular Hbond substituents is 1. The van der Waals surface area contributed by atoms with Crippen molar-refractivity contribution in [3.8, 4) is 5.75 Å². The van der Waals surface area contributed by atoms with Gasteiger partial charge in [0.25, 0.3) is 0 Å². The summed E-state index contributed by atoms with van der Waals surface area (Å²) in [6, 6.07) is 3.91. The normalized spacial score (nSPS) is 14.0. The minimum Gasteiger partial charge on any atom is -0.507 e. The van der Waals surface area contributed by atoms with Crippen LogP contribution in [0.25, 0.3) is 0 Å². The topological polar surface area (TPSA) is 26.7 Å². The van der Waals surface area contributed by atoms with Crippen LogP contribution in [0.2, 0.25) is 0 Å². The molecule has 0 fully saturated rings. The van der Waals surface area contributed by atoms with E-state index in [1.807, 2.05) is 25.9 Å². The molecule has 1 N–H and O–H groups in total. The lowest BCUT2D eigenvalue weighted by Gasteiger charge is -2.30. The average Bonchev–Trinajstić information content (AvgIpc) is 2.35. The molecule has 0 radical (unpaired) electrons. The van der Waals surface area contributed by atoms with Crippen LogP contribution in [0.4, 0.5) is 13.2 Å². The highest BCUT2D eigenvalue weighted by molar-refractivity contribution is 5.38. The van der Waals surface area contributed by atoms with E-state index in [2.05, 4.69) is 11.8 Å². The summed E-state index contributed by atoms with van der Waals surface area (Å²) >= 11 is 0. The fourth-order valence-corrected chi connectivity index (χ4v) is 2.37. The van der Waals surface area contributed by atoms with Gasteiger partial charge in [0.1, 0.15) is 5.75 Å². The van der Waals surface area contributed by atoms with Gasteiger partial charge in [0, 0.05) is 19.1 Å². The van der Waals surface area contributed by atoms with Gasteiger partial charge in [0.2, 0.25) is 0 Å². The molecule has 0 aliphatic heterocycles. The Bertz CT molecular complexity index is 461. The minimum absolute atomic E-state index is 0.230. The first-order valence-electron chi connectivity index (χ1n) is 6.93. The standard InChI is InChI=1S/C15H23F3N2O/c1-5-20(11(2)9-19(3)4)10-12-6-7-14(21)13(8-12)15(16,17)18/h6-8,11,21H,5,9-10H2,1-4H3. The average molecular weight is 304 g/mol. The third-order valence-electron chi connectivity index (χ3n) is 3.41. The van der Waals surface area contributed by atoms with Crippen LogP contribution in [0.15, 0.2) is 18.2 Å². The number of hydrogen-bond acceptors (Lipinski definition) is 3. The predicted octanol–water partition coefficient (Wildman–Crippen LogP) is 3.18. The van der Waals surface area contributed by atoms with Gasteiger partial charge in [-0.3, -0.25) is 4.90 Å². The van der Waals surface area contributed by atoms with Crippen molar-refractivity contribution < 1.29 is 18.3 Å². The quantitative estimate of drug-likeness (QED) is 0.874. The van der Waals surface area contributed by atoms with Crippen molar-refractivity contribution in [2.24, 2.45) is 0 Å². The number of hydrogen-bond donors (Lipinski definition) is 1. The molecule has 3 nitrogen and oxygen atoms in total. The molecule has 1 aromatic rings. The number of rotatable bonds is 6. The Kier molecular flexibility index (Phi) is 6.04. The molecule has 0 aliphatic carbocycles. The first-order valence-corrected chi connectivity index (χ1v) is 6.93. The third-order valence-corrected chi connectivity index (χ3v) is 3.41. The first kappa shape index (κ1) is 17.8. The summed E-state index contributed by atoms with van der Waals surface area (Å²) < 4.78 is 38.4. The Morgan fingerprint density at radius 3 is 2.33 bits per heavy atom. The van der Waals surface area contributed by atoms with Gasteiger partial charge in [0.15, 0.2) is 0 Å². The van der Waals surface area contributed by atoms with E-state index in [-0.39, 0.29) is 6.04 Å². The molecule has 0 bridgehead atoms. The van der Waals surface area contributed by atoms with Crippen LogP contribution in [0.5, 0.6) is 5.75 Å². The highest BCUT2D eigenvalue weighted by Gasteiger charge is 2.34. The van der Waals surface area contributed by atoms with Crippen molar-refractivity contribution in [2.75, 3.05) is 27.2 Å². The van der Waals surface area contributed by atoms with Gasteiger partial charge >= 0.3 is 6.18 Å². The Balaban J connectivity index is 2.91. The molecule has 6 heteroatoms. The highest BCUT2D eigenvalue weighted by Crippen LogP contribution is 2.36.